The molecule has 2 unspecified atom stereocenters. The smallest absolute Gasteiger partial charge is 0.331 e. The van der Waals surface area contributed by atoms with Crippen LogP contribution in [0.4, 0.5) is 0 Å². The lowest BCUT2D eigenvalue weighted by molar-refractivity contribution is -0.133. The number of hydrogen-bond donors (Lipinski definition) is 7. The van der Waals surface area contributed by atoms with Gasteiger partial charge in [0.25, 0.3) is 0 Å². The number of aliphatic hydroxyl groups excluding tert-OH is 1. The van der Waals surface area contributed by atoms with Gasteiger partial charge in [-0.25, -0.2) is 4.79 Å². The van der Waals surface area contributed by atoms with E-state index < -0.39 is 46.3 Å². The van der Waals surface area contributed by atoms with Crippen molar-refractivity contribution in [3.63, 3.8) is 0 Å². The van der Waals surface area contributed by atoms with Crippen LogP contribution in [0.3, 0.4) is 0 Å². The zero-order valence-corrected chi connectivity index (χ0v) is 26.7. The molecule has 0 bridgehead atoms. The lowest BCUT2D eigenvalue weighted by Crippen LogP contribution is -2.49. The highest BCUT2D eigenvalue weighted by molar-refractivity contribution is 6.36. The summed E-state index contributed by atoms with van der Waals surface area (Å²) in [7, 11) is 0. The van der Waals surface area contributed by atoms with E-state index in [2.05, 4.69) is 0 Å². The number of carboxylic acid groups (broad SMARTS) is 1. The zero-order chi connectivity index (χ0) is 34.0. The van der Waals surface area contributed by atoms with E-state index in [0.29, 0.717) is 31.2 Å². The maximum atomic E-state index is 13.6. The number of aliphatic carboxylic acids is 1. The number of phenols is 3. The van der Waals surface area contributed by atoms with Gasteiger partial charge in [-0.15, -0.1) is 0 Å². The lowest BCUT2D eigenvalue weighted by atomic mass is 9.73. The lowest BCUT2D eigenvalue weighted by Gasteiger charge is -2.32. The Labute approximate surface area is 262 Å². The minimum atomic E-state index is -2.56. The average molecular weight is 625 g/mol. The van der Waals surface area contributed by atoms with Gasteiger partial charge in [-0.3, -0.25) is 9.59 Å². The van der Waals surface area contributed by atoms with Gasteiger partial charge in [0.15, 0.2) is 5.60 Å². The monoisotopic (exact) mass is 624 g/mol. The Hall–Kier alpha value is -3.99. The minimum absolute atomic E-state index is 0.0235. The standard InChI is InChI=1S/C35H44O10/c1-18(11-8-12-22(33(42)43)13-14-24(37)34(5,6)44)9-7-10-19(2)15-16-35(45)31(40)26-23(36)17-20(3)25-27(26)28(32(35)41)30(39)21(4)29(25)38/h9,12,15,17,24,36-39,44-45H,7-8,10-11,13-14,16H2,1-6H3,(H,42,43). The molecule has 2 aromatic carbocycles. The van der Waals surface area contributed by atoms with E-state index in [0.717, 1.165) is 11.1 Å². The third kappa shape index (κ3) is 7.30. The van der Waals surface area contributed by atoms with Gasteiger partial charge in [-0.2, -0.15) is 0 Å². The molecule has 1 aliphatic rings. The first-order valence-corrected chi connectivity index (χ1v) is 15.0. The summed E-state index contributed by atoms with van der Waals surface area (Å²) in [4.78, 5) is 38.6. The number of allylic oxidation sites excluding steroid dienone is 4. The van der Waals surface area contributed by atoms with Crippen LogP contribution in [0.25, 0.3) is 10.8 Å². The molecule has 2 atom stereocenters. The molecule has 45 heavy (non-hydrogen) atoms. The molecular weight excluding hydrogens is 580 g/mol. The van der Waals surface area contributed by atoms with Crippen molar-refractivity contribution in [2.75, 3.05) is 0 Å². The number of aliphatic hydroxyl groups is 3. The van der Waals surface area contributed by atoms with E-state index in [1.54, 1.807) is 26.0 Å². The van der Waals surface area contributed by atoms with Gasteiger partial charge in [-0.1, -0.05) is 29.4 Å². The largest absolute Gasteiger partial charge is 0.507 e. The molecule has 0 amide bonds. The molecule has 3 rings (SSSR count). The second-order valence-corrected chi connectivity index (χ2v) is 12.7. The number of benzene rings is 2. The summed E-state index contributed by atoms with van der Waals surface area (Å²) in [5.74, 6) is -4.40. The molecule has 0 radical (unpaired) electrons. The number of aromatic hydroxyl groups is 3. The molecule has 0 heterocycles. The number of Topliss-reactive ketones (excluding diaryl/α,β-unsaturated/α-hetero) is 2. The minimum Gasteiger partial charge on any atom is -0.507 e. The number of carbonyl (C=O) groups excluding carboxylic acids is 2. The molecule has 0 spiro atoms. The predicted octanol–water partition coefficient (Wildman–Crippen LogP) is 5.45. The van der Waals surface area contributed by atoms with Gasteiger partial charge < -0.3 is 35.7 Å². The van der Waals surface area contributed by atoms with Crippen LogP contribution in [-0.2, 0) is 4.79 Å². The molecule has 0 aliphatic heterocycles. The first-order valence-electron chi connectivity index (χ1n) is 15.0. The van der Waals surface area contributed by atoms with Crippen molar-refractivity contribution in [1.29, 1.82) is 0 Å². The summed E-state index contributed by atoms with van der Waals surface area (Å²) in [6.45, 7) is 9.66. The molecule has 244 valence electrons. The van der Waals surface area contributed by atoms with Crippen LogP contribution in [0.2, 0.25) is 0 Å². The third-order valence-corrected chi connectivity index (χ3v) is 8.63. The Kier molecular flexibility index (Phi) is 10.7. The molecule has 0 saturated carbocycles. The molecular formula is C35H44O10. The van der Waals surface area contributed by atoms with Crippen LogP contribution >= 0.6 is 0 Å². The molecule has 0 saturated heterocycles. The summed E-state index contributed by atoms with van der Waals surface area (Å²) in [5, 5.41) is 72.9. The van der Waals surface area contributed by atoms with Crippen LogP contribution in [0.1, 0.15) is 104 Å². The maximum absolute atomic E-state index is 13.6. The molecule has 10 heteroatoms. The van der Waals surface area contributed by atoms with Crippen molar-refractivity contribution in [1.82, 2.24) is 0 Å². The summed E-state index contributed by atoms with van der Waals surface area (Å²) in [6, 6.07) is 1.28. The topological polar surface area (TPSA) is 193 Å². The quantitative estimate of drug-likeness (QED) is 0.0856. The van der Waals surface area contributed by atoms with Gasteiger partial charge in [0.05, 0.1) is 22.8 Å². The highest BCUT2D eigenvalue weighted by Crippen LogP contribution is 2.49. The van der Waals surface area contributed by atoms with E-state index in [1.165, 1.54) is 26.8 Å². The number of ketones is 2. The second kappa shape index (κ2) is 13.6. The van der Waals surface area contributed by atoms with Crippen LogP contribution in [0.5, 0.6) is 17.2 Å². The van der Waals surface area contributed by atoms with E-state index in [1.807, 2.05) is 13.0 Å². The molecule has 10 nitrogen and oxygen atoms in total. The highest BCUT2D eigenvalue weighted by atomic mass is 16.4. The second-order valence-electron chi connectivity index (χ2n) is 12.7. The first kappa shape index (κ1) is 35.5. The average Bonchev–Trinajstić information content (AvgIpc) is 2.94. The van der Waals surface area contributed by atoms with Crippen molar-refractivity contribution in [3.8, 4) is 17.2 Å². The van der Waals surface area contributed by atoms with Gasteiger partial charge in [-0.05, 0) is 91.7 Å². The Bertz CT molecular complexity index is 1620. The van der Waals surface area contributed by atoms with E-state index in [9.17, 15) is 50.1 Å². The summed E-state index contributed by atoms with van der Waals surface area (Å²) in [6.07, 6.45) is 6.31. The molecule has 1 aliphatic carbocycles. The van der Waals surface area contributed by atoms with E-state index in [-0.39, 0.29) is 58.0 Å². The summed E-state index contributed by atoms with van der Waals surface area (Å²) >= 11 is 0. The van der Waals surface area contributed by atoms with Gasteiger partial charge >= 0.3 is 5.97 Å². The van der Waals surface area contributed by atoms with Gasteiger partial charge in [0.1, 0.15) is 17.2 Å². The van der Waals surface area contributed by atoms with Crippen LogP contribution in [-0.4, -0.2) is 70.6 Å². The molecule has 0 fully saturated rings. The number of carboxylic acids is 1. The predicted molar refractivity (Wildman–Crippen MR) is 170 cm³/mol. The van der Waals surface area contributed by atoms with Crippen LogP contribution < -0.4 is 0 Å². The Morgan fingerprint density at radius 1 is 0.889 bits per heavy atom. The van der Waals surface area contributed by atoms with Crippen LogP contribution in [0, 0.1) is 13.8 Å². The van der Waals surface area contributed by atoms with Gasteiger partial charge in [0, 0.05) is 28.3 Å². The van der Waals surface area contributed by atoms with Crippen molar-refractivity contribution < 1.29 is 50.1 Å². The number of hydrogen-bond acceptors (Lipinski definition) is 9. The summed E-state index contributed by atoms with van der Waals surface area (Å²) < 4.78 is 0. The maximum Gasteiger partial charge on any atom is 0.331 e. The Balaban J connectivity index is 1.69. The highest BCUT2D eigenvalue weighted by Gasteiger charge is 2.51. The van der Waals surface area contributed by atoms with Crippen LogP contribution in [0.15, 0.2) is 41.0 Å². The SMILES string of the molecule is CC(=CCCC(C)=CCC1(O)C(=O)c2c(O)cc(C)c3c(O)c(C)c(O)c(c23)C1=O)CCC=C(CCC(O)C(C)(C)O)C(=O)O. The number of aryl methyl sites for hydroxylation is 1. The Morgan fingerprint density at radius 3 is 2.02 bits per heavy atom. The molecule has 0 aromatic heterocycles. The van der Waals surface area contributed by atoms with E-state index in [4.69, 9.17) is 0 Å². The van der Waals surface area contributed by atoms with Gasteiger partial charge in [0.2, 0.25) is 11.6 Å². The number of rotatable bonds is 13. The molecule has 7 N–H and O–H groups in total. The fraction of sp³-hybridized carbons (Fsp3) is 0.457. The normalized spacial score (nSPS) is 18.6. The van der Waals surface area contributed by atoms with Crippen molar-refractivity contribution in [2.45, 2.75) is 104 Å². The summed E-state index contributed by atoms with van der Waals surface area (Å²) in [5.41, 5.74) is -2.08. The number of phenolic OH excluding ortho intramolecular Hbond substituents is 3. The fourth-order valence-electron chi connectivity index (χ4n) is 5.60. The van der Waals surface area contributed by atoms with E-state index >= 15 is 0 Å². The molecule has 2 aromatic rings. The Morgan fingerprint density at radius 2 is 1.44 bits per heavy atom. The van der Waals surface area contributed by atoms with Crippen molar-refractivity contribution in [3.05, 3.63) is 63.3 Å². The zero-order valence-electron chi connectivity index (χ0n) is 26.7. The number of carbonyl (C=O) groups is 3. The first-order chi connectivity index (χ1) is 20.8. The van der Waals surface area contributed by atoms with Crippen molar-refractivity contribution in [2.24, 2.45) is 0 Å². The fourth-order valence-corrected chi connectivity index (χ4v) is 5.60. The third-order valence-electron chi connectivity index (χ3n) is 8.63. The van der Waals surface area contributed by atoms with Crippen molar-refractivity contribution >= 4 is 28.3 Å².